The molecule has 3 aromatic rings. The minimum atomic E-state index is -4.49. The van der Waals surface area contributed by atoms with Gasteiger partial charge in [0.2, 0.25) is 0 Å². The first-order chi connectivity index (χ1) is 14.2. The van der Waals surface area contributed by atoms with E-state index in [1.165, 1.54) is 19.2 Å². The Morgan fingerprint density at radius 1 is 1.03 bits per heavy atom. The molecule has 8 heteroatoms. The third-order valence-corrected chi connectivity index (χ3v) is 4.77. The van der Waals surface area contributed by atoms with Crippen LogP contribution in [0.4, 0.5) is 18.9 Å². The molecule has 0 unspecified atom stereocenters. The fourth-order valence-corrected chi connectivity index (χ4v) is 3.02. The molecule has 160 valence electrons. The van der Waals surface area contributed by atoms with Crippen molar-refractivity contribution in [2.24, 2.45) is 0 Å². The van der Waals surface area contributed by atoms with Crippen molar-refractivity contribution in [3.63, 3.8) is 0 Å². The molecule has 0 radical (unpaired) electrons. The van der Waals surface area contributed by atoms with Crippen LogP contribution in [-0.2, 0) is 17.5 Å². The van der Waals surface area contributed by atoms with Gasteiger partial charge in [-0.25, -0.2) is 4.79 Å². The summed E-state index contributed by atoms with van der Waals surface area (Å²) in [6.45, 7) is 4.44. The molecular weight excluding hydrogens is 399 g/mol. The van der Waals surface area contributed by atoms with E-state index in [4.69, 9.17) is 13.9 Å². The lowest BCUT2D eigenvalue weighted by Crippen LogP contribution is -2.11. The minimum absolute atomic E-state index is 0.118. The molecule has 0 amide bonds. The predicted octanol–water partition coefficient (Wildman–Crippen LogP) is 5.07. The number of alkyl halides is 3. The maximum absolute atomic E-state index is 13.2. The molecule has 0 aliphatic carbocycles. The molecule has 1 aromatic heterocycles. The summed E-state index contributed by atoms with van der Waals surface area (Å²) in [5.41, 5.74) is 1.89. The Labute approximate surface area is 171 Å². The summed E-state index contributed by atoms with van der Waals surface area (Å²) in [5.74, 6) is 0.263. The molecule has 0 spiro atoms. The van der Waals surface area contributed by atoms with Gasteiger partial charge in [-0.1, -0.05) is 0 Å². The van der Waals surface area contributed by atoms with Crippen molar-refractivity contribution in [1.29, 1.82) is 0 Å². The second-order valence-corrected chi connectivity index (χ2v) is 6.93. The highest BCUT2D eigenvalue weighted by Crippen LogP contribution is 2.35. The van der Waals surface area contributed by atoms with Gasteiger partial charge in [0.15, 0.2) is 0 Å². The lowest BCUT2D eigenvalue weighted by Gasteiger charge is -2.16. The largest absolute Gasteiger partial charge is 0.489 e. The van der Waals surface area contributed by atoms with Crippen LogP contribution < -0.4 is 15.7 Å². The number of rotatable bonds is 7. The summed E-state index contributed by atoms with van der Waals surface area (Å²) in [5, 5.41) is 3.70. The van der Waals surface area contributed by atoms with Crippen LogP contribution in [0.1, 0.15) is 22.3 Å². The molecule has 0 aliphatic heterocycles. The van der Waals surface area contributed by atoms with Crippen molar-refractivity contribution < 1.29 is 27.1 Å². The monoisotopic (exact) mass is 421 g/mol. The third kappa shape index (κ3) is 4.94. The lowest BCUT2D eigenvalue weighted by molar-refractivity contribution is -0.137. The van der Waals surface area contributed by atoms with E-state index in [9.17, 15) is 18.0 Å². The van der Waals surface area contributed by atoms with E-state index in [0.29, 0.717) is 17.8 Å². The second kappa shape index (κ2) is 8.79. The molecule has 0 fully saturated rings. The average Bonchev–Trinajstić information content (AvgIpc) is 2.67. The van der Waals surface area contributed by atoms with Crippen molar-refractivity contribution in [2.45, 2.75) is 26.6 Å². The number of nitrogens with one attached hydrogen (secondary N) is 1. The van der Waals surface area contributed by atoms with Crippen LogP contribution in [0.5, 0.6) is 5.75 Å². The Morgan fingerprint density at radius 2 is 1.77 bits per heavy atom. The number of methoxy groups -OCH3 is 1. The standard InChI is InChI=1S/C22H22F3NO4/c1-13-8-17-15(10-21(27)30-20(17)9-14(13)2)12-26-18-11-16(22(23,24)25)4-5-19(18)29-7-6-28-3/h4-5,8-11,26H,6-7,12H2,1-3H3. The molecule has 1 heterocycles. The Hall–Kier alpha value is -3.00. The van der Waals surface area contributed by atoms with Gasteiger partial charge in [0.1, 0.15) is 17.9 Å². The van der Waals surface area contributed by atoms with Crippen molar-refractivity contribution in [3.05, 3.63) is 69.1 Å². The van der Waals surface area contributed by atoms with Crippen LogP contribution in [0.15, 0.2) is 45.6 Å². The zero-order valence-corrected chi connectivity index (χ0v) is 16.9. The second-order valence-electron chi connectivity index (χ2n) is 6.93. The van der Waals surface area contributed by atoms with Gasteiger partial charge in [0.05, 0.1) is 17.9 Å². The number of anilines is 1. The van der Waals surface area contributed by atoms with E-state index in [2.05, 4.69) is 5.32 Å². The van der Waals surface area contributed by atoms with Gasteiger partial charge in [0, 0.05) is 25.1 Å². The first-order valence-electron chi connectivity index (χ1n) is 9.30. The highest BCUT2D eigenvalue weighted by molar-refractivity contribution is 5.82. The number of hydrogen-bond donors (Lipinski definition) is 1. The first kappa shape index (κ1) is 21.7. The van der Waals surface area contributed by atoms with Crippen LogP contribution in [-0.4, -0.2) is 20.3 Å². The maximum atomic E-state index is 13.2. The molecule has 3 rings (SSSR count). The smallest absolute Gasteiger partial charge is 0.416 e. The molecule has 2 aromatic carbocycles. The molecule has 0 saturated carbocycles. The Kier molecular flexibility index (Phi) is 6.36. The molecule has 0 atom stereocenters. The Balaban J connectivity index is 1.95. The van der Waals surface area contributed by atoms with Crippen molar-refractivity contribution in [3.8, 4) is 5.75 Å². The Morgan fingerprint density at radius 3 is 2.47 bits per heavy atom. The van der Waals surface area contributed by atoms with E-state index in [1.54, 1.807) is 6.07 Å². The van der Waals surface area contributed by atoms with Crippen LogP contribution in [0.25, 0.3) is 11.0 Å². The lowest BCUT2D eigenvalue weighted by atomic mass is 10.0. The number of benzene rings is 2. The van der Waals surface area contributed by atoms with Crippen molar-refractivity contribution >= 4 is 16.7 Å². The van der Waals surface area contributed by atoms with Gasteiger partial charge < -0.3 is 19.2 Å². The number of hydrogen-bond acceptors (Lipinski definition) is 5. The molecule has 0 bridgehead atoms. The molecule has 30 heavy (non-hydrogen) atoms. The SMILES string of the molecule is COCCOc1ccc(C(F)(F)F)cc1NCc1cc(=O)oc2cc(C)c(C)cc12. The molecular formula is C22H22F3NO4. The summed E-state index contributed by atoms with van der Waals surface area (Å²) < 4.78 is 55.3. The summed E-state index contributed by atoms with van der Waals surface area (Å²) >= 11 is 0. The summed E-state index contributed by atoms with van der Waals surface area (Å²) in [4.78, 5) is 12.0. The van der Waals surface area contributed by atoms with Gasteiger partial charge in [-0.3, -0.25) is 0 Å². The Bertz CT molecular complexity index is 1110. The quantitative estimate of drug-likeness (QED) is 0.427. The van der Waals surface area contributed by atoms with E-state index in [0.717, 1.165) is 28.6 Å². The van der Waals surface area contributed by atoms with Gasteiger partial charge in [0.25, 0.3) is 0 Å². The molecule has 5 nitrogen and oxygen atoms in total. The predicted molar refractivity (Wildman–Crippen MR) is 108 cm³/mol. The molecule has 1 N–H and O–H groups in total. The molecule has 0 aliphatic rings. The third-order valence-electron chi connectivity index (χ3n) is 4.77. The van der Waals surface area contributed by atoms with Gasteiger partial charge in [-0.05, 0) is 60.9 Å². The summed E-state index contributed by atoms with van der Waals surface area (Å²) in [6, 6.07) is 8.23. The average molecular weight is 421 g/mol. The number of halogens is 3. The summed E-state index contributed by atoms with van der Waals surface area (Å²) in [6.07, 6.45) is -4.49. The van der Waals surface area contributed by atoms with E-state index >= 15 is 0 Å². The fourth-order valence-electron chi connectivity index (χ4n) is 3.02. The normalized spacial score (nSPS) is 11.7. The van der Waals surface area contributed by atoms with E-state index < -0.39 is 17.4 Å². The highest BCUT2D eigenvalue weighted by Gasteiger charge is 2.31. The van der Waals surface area contributed by atoms with Crippen LogP contribution >= 0.6 is 0 Å². The van der Waals surface area contributed by atoms with Crippen LogP contribution in [0.3, 0.4) is 0 Å². The number of aryl methyl sites for hydroxylation is 2. The molecule has 0 saturated heterocycles. The first-order valence-corrected chi connectivity index (χ1v) is 9.30. The highest BCUT2D eigenvalue weighted by atomic mass is 19.4. The topological polar surface area (TPSA) is 60.7 Å². The van der Waals surface area contributed by atoms with E-state index in [1.807, 2.05) is 19.9 Å². The van der Waals surface area contributed by atoms with Gasteiger partial charge in [-0.2, -0.15) is 13.2 Å². The maximum Gasteiger partial charge on any atom is 0.416 e. The zero-order valence-electron chi connectivity index (χ0n) is 16.9. The van der Waals surface area contributed by atoms with Crippen LogP contribution in [0, 0.1) is 13.8 Å². The van der Waals surface area contributed by atoms with Gasteiger partial charge >= 0.3 is 11.8 Å². The van der Waals surface area contributed by atoms with Gasteiger partial charge in [-0.15, -0.1) is 0 Å². The summed E-state index contributed by atoms with van der Waals surface area (Å²) in [7, 11) is 1.51. The number of ether oxygens (including phenoxy) is 2. The van der Waals surface area contributed by atoms with E-state index in [-0.39, 0.29) is 24.6 Å². The van der Waals surface area contributed by atoms with Crippen molar-refractivity contribution in [1.82, 2.24) is 0 Å². The fraction of sp³-hybridized carbons (Fsp3) is 0.318. The van der Waals surface area contributed by atoms with Crippen LogP contribution in [0.2, 0.25) is 0 Å². The number of fused-ring (bicyclic) bond motifs is 1. The minimum Gasteiger partial charge on any atom is -0.489 e. The van der Waals surface area contributed by atoms with Crippen molar-refractivity contribution in [2.75, 3.05) is 25.6 Å². The zero-order chi connectivity index (χ0) is 21.9.